The summed E-state index contributed by atoms with van der Waals surface area (Å²) in [4.78, 5) is 4.14. The van der Waals surface area contributed by atoms with Gasteiger partial charge in [0, 0.05) is 0 Å². The molecule has 0 aromatic carbocycles. The average molecular weight is 214 g/mol. The molecular formula is C11H16ClNO. The molecule has 1 atom stereocenters. The summed E-state index contributed by atoms with van der Waals surface area (Å²) in [6, 6.07) is 5.56. The predicted octanol–water partition coefficient (Wildman–Crippen LogP) is 3.30. The van der Waals surface area contributed by atoms with Gasteiger partial charge in [-0.2, -0.15) is 0 Å². The molecular weight excluding hydrogens is 198 g/mol. The van der Waals surface area contributed by atoms with E-state index >= 15 is 0 Å². The van der Waals surface area contributed by atoms with E-state index in [9.17, 15) is 0 Å². The van der Waals surface area contributed by atoms with Crippen LogP contribution in [0.5, 0.6) is 0 Å². The molecule has 1 aromatic rings. The summed E-state index contributed by atoms with van der Waals surface area (Å²) in [5, 5.41) is 0.517. The van der Waals surface area contributed by atoms with Crippen molar-refractivity contribution in [3.05, 3.63) is 29.0 Å². The van der Waals surface area contributed by atoms with Crippen LogP contribution in [-0.4, -0.2) is 11.1 Å². The minimum Gasteiger partial charge on any atom is -0.372 e. The van der Waals surface area contributed by atoms with Crippen molar-refractivity contribution >= 4 is 11.6 Å². The highest BCUT2D eigenvalue weighted by Gasteiger charge is 2.07. The molecule has 0 saturated carbocycles. The van der Waals surface area contributed by atoms with E-state index in [0.717, 1.165) is 5.69 Å². The molecule has 0 fully saturated rings. The van der Waals surface area contributed by atoms with Gasteiger partial charge < -0.3 is 4.74 Å². The van der Waals surface area contributed by atoms with E-state index in [1.165, 1.54) is 0 Å². The second-order valence-electron chi connectivity index (χ2n) is 3.71. The molecule has 14 heavy (non-hydrogen) atoms. The third kappa shape index (κ3) is 3.64. The van der Waals surface area contributed by atoms with Gasteiger partial charge in [0.25, 0.3) is 0 Å². The molecule has 0 N–H and O–H groups in total. The molecule has 3 heteroatoms. The van der Waals surface area contributed by atoms with Gasteiger partial charge in [-0.25, -0.2) is 4.98 Å². The molecule has 0 spiro atoms. The van der Waals surface area contributed by atoms with Gasteiger partial charge in [-0.3, -0.25) is 0 Å². The van der Waals surface area contributed by atoms with Gasteiger partial charge in [0.15, 0.2) is 0 Å². The first-order valence-electron chi connectivity index (χ1n) is 4.82. The zero-order valence-corrected chi connectivity index (χ0v) is 9.58. The van der Waals surface area contributed by atoms with Crippen LogP contribution in [0.1, 0.15) is 26.5 Å². The molecule has 1 rings (SSSR count). The van der Waals surface area contributed by atoms with Crippen molar-refractivity contribution in [3.8, 4) is 0 Å². The van der Waals surface area contributed by atoms with Crippen molar-refractivity contribution < 1.29 is 4.74 Å². The lowest BCUT2D eigenvalue weighted by atomic mass is 10.1. The molecule has 1 unspecified atom stereocenters. The summed E-state index contributed by atoms with van der Waals surface area (Å²) >= 11 is 5.76. The van der Waals surface area contributed by atoms with Crippen molar-refractivity contribution in [1.82, 2.24) is 4.98 Å². The number of nitrogens with zero attached hydrogens (tertiary/aromatic N) is 1. The van der Waals surface area contributed by atoms with Gasteiger partial charge in [0.05, 0.1) is 18.4 Å². The van der Waals surface area contributed by atoms with E-state index in [-0.39, 0.29) is 6.10 Å². The molecule has 0 saturated heterocycles. The van der Waals surface area contributed by atoms with E-state index in [0.29, 0.717) is 17.7 Å². The first-order chi connectivity index (χ1) is 6.59. The molecule has 0 amide bonds. The van der Waals surface area contributed by atoms with Crippen molar-refractivity contribution in [2.75, 3.05) is 0 Å². The van der Waals surface area contributed by atoms with Crippen molar-refractivity contribution in [1.29, 1.82) is 0 Å². The number of rotatable bonds is 4. The molecule has 78 valence electrons. The van der Waals surface area contributed by atoms with Gasteiger partial charge in [-0.1, -0.05) is 31.5 Å². The van der Waals surface area contributed by atoms with Gasteiger partial charge in [0.1, 0.15) is 5.15 Å². The Hall–Kier alpha value is -0.600. The third-order valence-corrected chi connectivity index (χ3v) is 2.42. The van der Waals surface area contributed by atoms with Gasteiger partial charge in [-0.15, -0.1) is 0 Å². The van der Waals surface area contributed by atoms with Crippen LogP contribution in [0.25, 0.3) is 0 Å². The van der Waals surface area contributed by atoms with E-state index < -0.39 is 0 Å². The Balaban J connectivity index is 2.45. The highest BCUT2D eigenvalue weighted by atomic mass is 35.5. The van der Waals surface area contributed by atoms with Crippen LogP contribution < -0.4 is 0 Å². The molecule has 1 aromatic heterocycles. The van der Waals surface area contributed by atoms with Crippen molar-refractivity contribution in [3.63, 3.8) is 0 Å². The molecule has 0 aliphatic heterocycles. The highest BCUT2D eigenvalue weighted by Crippen LogP contribution is 2.10. The summed E-state index contributed by atoms with van der Waals surface area (Å²) < 4.78 is 5.62. The summed E-state index contributed by atoms with van der Waals surface area (Å²) in [6.45, 7) is 6.86. The summed E-state index contributed by atoms with van der Waals surface area (Å²) in [6.07, 6.45) is 0.246. The fourth-order valence-electron chi connectivity index (χ4n) is 0.940. The van der Waals surface area contributed by atoms with Crippen LogP contribution in [0, 0.1) is 5.92 Å². The summed E-state index contributed by atoms with van der Waals surface area (Å²) in [7, 11) is 0. The fourth-order valence-corrected chi connectivity index (χ4v) is 1.12. The Kier molecular flexibility index (Phi) is 4.36. The Labute approximate surface area is 90.3 Å². The Morgan fingerprint density at radius 1 is 1.36 bits per heavy atom. The molecule has 0 aliphatic rings. The van der Waals surface area contributed by atoms with E-state index in [1.54, 1.807) is 6.07 Å². The molecule has 0 radical (unpaired) electrons. The quantitative estimate of drug-likeness (QED) is 0.716. The Morgan fingerprint density at radius 2 is 2.07 bits per heavy atom. The Morgan fingerprint density at radius 3 is 2.64 bits per heavy atom. The number of halogens is 1. The lowest BCUT2D eigenvalue weighted by Gasteiger charge is -2.16. The maximum atomic E-state index is 5.76. The molecule has 0 aliphatic carbocycles. The lowest BCUT2D eigenvalue weighted by Crippen LogP contribution is -2.15. The second-order valence-corrected chi connectivity index (χ2v) is 4.10. The maximum Gasteiger partial charge on any atom is 0.129 e. The first kappa shape index (κ1) is 11.5. The van der Waals surface area contributed by atoms with Crippen molar-refractivity contribution in [2.45, 2.75) is 33.5 Å². The number of hydrogen-bond donors (Lipinski definition) is 0. The maximum absolute atomic E-state index is 5.76. The standard InChI is InChI=1S/C11H16ClNO/c1-8(2)9(3)14-7-10-5-4-6-11(12)13-10/h4-6,8-9H,7H2,1-3H3. The summed E-state index contributed by atoms with van der Waals surface area (Å²) in [5.74, 6) is 0.522. The van der Waals surface area contributed by atoms with Gasteiger partial charge in [0.2, 0.25) is 0 Å². The van der Waals surface area contributed by atoms with Crippen LogP contribution in [-0.2, 0) is 11.3 Å². The topological polar surface area (TPSA) is 22.1 Å². The zero-order chi connectivity index (χ0) is 10.6. The van der Waals surface area contributed by atoms with Crippen LogP contribution in [0.2, 0.25) is 5.15 Å². The summed E-state index contributed by atoms with van der Waals surface area (Å²) in [5.41, 5.74) is 0.880. The van der Waals surface area contributed by atoms with Gasteiger partial charge in [-0.05, 0) is 25.0 Å². The number of ether oxygens (including phenoxy) is 1. The highest BCUT2D eigenvalue weighted by molar-refractivity contribution is 6.29. The number of aromatic nitrogens is 1. The third-order valence-electron chi connectivity index (χ3n) is 2.21. The Bertz CT molecular complexity index is 288. The molecule has 1 heterocycles. The van der Waals surface area contributed by atoms with Crippen LogP contribution in [0.3, 0.4) is 0 Å². The number of pyridine rings is 1. The van der Waals surface area contributed by atoms with Gasteiger partial charge >= 0.3 is 0 Å². The van der Waals surface area contributed by atoms with E-state index in [2.05, 4.69) is 25.8 Å². The fraction of sp³-hybridized carbons (Fsp3) is 0.545. The monoisotopic (exact) mass is 213 g/mol. The molecule has 2 nitrogen and oxygen atoms in total. The van der Waals surface area contributed by atoms with Crippen molar-refractivity contribution in [2.24, 2.45) is 5.92 Å². The smallest absolute Gasteiger partial charge is 0.129 e. The predicted molar refractivity (Wildman–Crippen MR) is 58.3 cm³/mol. The molecule has 0 bridgehead atoms. The number of hydrogen-bond acceptors (Lipinski definition) is 2. The van der Waals surface area contributed by atoms with E-state index in [4.69, 9.17) is 16.3 Å². The second kappa shape index (κ2) is 5.32. The van der Waals surface area contributed by atoms with Crippen LogP contribution in [0.15, 0.2) is 18.2 Å². The zero-order valence-electron chi connectivity index (χ0n) is 8.83. The van der Waals surface area contributed by atoms with E-state index in [1.807, 2.05) is 12.1 Å². The minimum atomic E-state index is 0.246. The average Bonchev–Trinajstić information content (AvgIpc) is 2.14. The van der Waals surface area contributed by atoms with Crippen LogP contribution in [0.4, 0.5) is 0 Å². The van der Waals surface area contributed by atoms with Crippen LogP contribution >= 0.6 is 11.6 Å². The SMILES string of the molecule is CC(C)C(C)OCc1cccc(Cl)n1. The first-order valence-corrected chi connectivity index (χ1v) is 5.20. The normalized spacial score (nSPS) is 13.2. The largest absolute Gasteiger partial charge is 0.372 e. The minimum absolute atomic E-state index is 0.246. The lowest BCUT2D eigenvalue weighted by molar-refractivity contribution is 0.0218.